The van der Waals surface area contributed by atoms with E-state index in [1.54, 1.807) is 0 Å². The normalized spacial score (nSPS) is 41.1. The molecule has 2 aliphatic heterocycles. The van der Waals surface area contributed by atoms with Crippen molar-refractivity contribution in [2.75, 3.05) is 13.6 Å². The summed E-state index contributed by atoms with van der Waals surface area (Å²) in [7, 11) is 2.21. The molecular formula is C10H19N3. The second-order valence-corrected chi connectivity index (χ2v) is 4.52. The molecule has 0 aromatic rings. The third-order valence-corrected chi connectivity index (χ3v) is 3.37. The fourth-order valence-electron chi connectivity index (χ4n) is 2.84. The molecule has 3 unspecified atom stereocenters. The smallest absolute Gasteiger partial charge is 0.0909 e. The van der Waals surface area contributed by atoms with E-state index in [-0.39, 0.29) is 0 Å². The topological polar surface area (TPSA) is 41.6 Å². The highest BCUT2D eigenvalue weighted by Crippen LogP contribution is 2.35. The van der Waals surface area contributed by atoms with E-state index in [1.807, 2.05) is 6.92 Å². The minimum atomic E-state index is 0.475. The first kappa shape index (κ1) is 9.00. The van der Waals surface area contributed by atoms with Gasteiger partial charge in [0.25, 0.3) is 0 Å². The van der Waals surface area contributed by atoms with Crippen molar-refractivity contribution in [3.8, 4) is 0 Å². The Morgan fingerprint density at radius 2 is 2.23 bits per heavy atom. The van der Waals surface area contributed by atoms with Gasteiger partial charge in [0.1, 0.15) is 0 Å². The van der Waals surface area contributed by atoms with Gasteiger partial charge in [0.15, 0.2) is 0 Å². The number of nitrogens with two attached hydrogens (primary N) is 1. The van der Waals surface area contributed by atoms with Gasteiger partial charge >= 0.3 is 0 Å². The van der Waals surface area contributed by atoms with Gasteiger partial charge in [-0.05, 0) is 39.2 Å². The fourth-order valence-corrected chi connectivity index (χ4v) is 2.84. The van der Waals surface area contributed by atoms with Crippen molar-refractivity contribution in [2.45, 2.75) is 38.3 Å². The lowest BCUT2D eigenvalue weighted by Gasteiger charge is -2.47. The van der Waals surface area contributed by atoms with Crippen molar-refractivity contribution in [2.24, 2.45) is 16.6 Å². The first-order valence-corrected chi connectivity index (χ1v) is 5.17. The number of hydrogen-bond donors (Lipinski definition) is 1. The van der Waals surface area contributed by atoms with Crippen molar-refractivity contribution in [3.05, 3.63) is 0 Å². The molecule has 3 fully saturated rings. The van der Waals surface area contributed by atoms with Gasteiger partial charge in [-0.1, -0.05) is 0 Å². The number of nitrogens with zero attached hydrogens (tertiary/aromatic N) is 2. The van der Waals surface area contributed by atoms with Crippen LogP contribution in [0.5, 0.6) is 0 Å². The fraction of sp³-hybridized carbons (Fsp3) is 0.900. The molecule has 2 saturated heterocycles. The van der Waals surface area contributed by atoms with Gasteiger partial charge in [-0.15, -0.1) is 0 Å². The summed E-state index contributed by atoms with van der Waals surface area (Å²) in [6, 6.07) is 1.13. The van der Waals surface area contributed by atoms with Crippen molar-refractivity contribution in [1.82, 2.24) is 4.90 Å². The van der Waals surface area contributed by atoms with Crippen LogP contribution in [0.4, 0.5) is 0 Å². The molecule has 0 aromatic heterocycles. The predicted molar refractivity (Wildman–Crippen MR) is 54.8 cm³/mol. The van der Waals surface area contributed by atoms with Crippen LogP contribution in [0.3, 0.4) is 0 Å². The minimum absolute atomic E-state index is 0.475. The summed E-state index contributed by atoms with van der Waals surface area (Å²) in [6.07, 6.45) is 3.96. The zero-order chi connectivity index (χ0) is 9.42. The molecule has 74 valence electrons. The van der Waals surface area contributed by atoms with Crippen LogP contribution in [-0.2, 0) is 0 Å². The quantitative estimate of drug-likeness (QED) is 0.481. The molecule has 2 heterocycles. The molecule has 2 bridgehead atoms. The zero-order valence-corrected chi connectivity index (χ0v) is 8.53. The Balaban J connectivity index is 2.10. The Bertz CT molecular complexity index is 220. The van der Waals surface area contributed by atoms with Crippen LogP contribution in [0, 0.1) is 5.92 Å². The number of rotatable bonds is 1. The molecular weight excluding hydrogens is 162 g/mol. The lowest BCUT2D eigenvalue weighted by Crippen LogP contribution is -2.53. The average molecular weight is 181 g/mol. The first-order valence-electron chi connectivity index (χ1n) is 5.17. The number of amidine groups is 1. The van der Waals surface area contributed by atoms with Gasteiger partial charge in [-0.25, -0.2) is 0 Å². The van der Waals surface area contributed by atoms with Gasteiger partial charge in [-0.3, -0.25) is 4.99 Å². The summed E-state index contributed by atoms with van der Waals surface area (Å²) >= 11 is 0. The highest BCUT2D eigenvalue weighted by atomic mass is 15.2. The van der Waals surface area contributed by atoms with Crippen LogP contribution in [0.15, 0.2) is 4.99 Å². The molecule has 3 heteroatoms. The molecule has 3 rings (SSSR count). The molecule has 0 radical (unpaired) electrons. The van der Waals surface area contributed by atoms with Crippen LogP contribution in [0.25, 0.3) is 0 Å². The Morgan fingerprint density at radius 3 is 2.77 bits per heavy atom. The summed E-state index contributed by atoms with van der Waals surface area (Å²) in [5, 5.41) is 0. The maximum atomic E-state index is 5.63. The second kappa shape index (κ2) is 3.29. The van der Waals surface area contributed by atoms with Crippen LogP contribution >= 0.6 is 0 Å². The van der Waals surface area contributed by atoms with E-state index in [0.29, 0.717) is 12.1 Å². The van der Waals surface area contributed by atoms with Gasteiger partial charge in [-0.2, -0.15) is 0 Å². The summed E-state index contributed by atoms with van der Waals surface area (Å²) in [4.78, 5) is 6.98. The van der Waals surface area contributed by atoms with Gasteiger partial charge < -0.3 is 10.6 Å². The zero-order valence-electron chi connectivity index (χ0n) is 8.53. The largest absolute Gasteiger partial charge is 0.388 e. The summed E-state index contributed by atoms with van der Waals surface area (Å²) in [5.74, 6) is 1.61. The van der Waals surface area contributed by atoms with Gasteiger partial charge in [0.05, 0.1) is 11.9 Å². The average Bonchev–Trinajstić information content (AvgIpc) is 2.02. The van der Waals surface area contributed by atoms with Gasteiger partial charge in [0.2, 0.25) is 0 Å². The Morgan fingerprint density at radius 1 is 1.46 bits per heavy atom. The highest BCUT2D eigenvalue weighted by Gasteiger charge is 2.38. The van der Waals surface area contributed by atoms with E-state index < -0.39 is 0 Å². The number of fused-ring (bicyclic) bond motifs is 3. The maximum Gasteiger partial charge on any atom is 0.0909 e. The van der Waals surface area contributed by atoms with Crippen molar-refractivity contribution in [1.29, 1.82) is 0 Å². The molecule has 13 heavy (non-hydrogen) atoms. The Kier molecular flexibility index (Phi) is 2.28. The molecule has 3 aliphatic rings. The molecule has 0 amide bonds. The number of piperidine rings is 2. The molecule has 1 saturated carbocycles. The van der Waals surface area contributed by atoms with Crippen molar-refractivity contribution >= 4 is 5.84 Å². The van der Waals surface area contributed by atoms with E-state index in [9.17, 15) is 0 Å². The highest BCUT2D eigenvalue weighted by molar-refractivity contribution is 5.77. The molecule has 2 N–H and O–H groups in total. The minimum Gasteiger partial charge on any atom is -0.388 e. The van der Waals surface area contributed by atoms with E-state index in [2.05, 4.69) is 16.9 Å². The third kappa shape index (κ3) is 1.70. The van der Waals surface area contributed by atoms with E-state index in [4.69, 9.17) is 5.73 Å². The second-order valence-electron chi connectivity index (χ2n) is 4.52. The first-order chi connectivity index (χ1) is 6.16. The molecule has 0 aromatic carbocycles. The lowest BCUT2D eigenvalue weighted by molar-refractivity contribution is 0.0550. The number of hydrogen-bond acceptors (Lipinski definition) is 2. The Hall–Kier alpha value is -0.570. The molecule has 0 spiro atoms. The maximum absolute atomic E-state index is 5.63. The van der Waals surface area contributed by atoms with Crippen LogP contribution in [-0.4, -0.2) is 36.4 Å². The summed E-state index contributed by atoms with van der Waals surface area (Å²) in [5.41, 5.74) is 5.63. The predicted octanol–water partition coefficient (Wildman–Crippen LogP) is 0.846. The number of likely N-dealkylation sites (N-methyl/N-ethyl adjacent to an activating group) is 1. The standard InChI is InChI=1S/C10H19N3/c1-7(11)12-9-5-8-3-4-10(9)13(2)6-8/h8-10H,3-6H2,1-2H3,(H2,11,12). The van der Waals surface area contributed by atoms with E-state index >= 15 is 0 Å². The van der Waals surface area contributed by atoms with Crippen LogP contribution in [0.2, 0.25) is 0 Å². The Labute approximate surface area is 80.0 Å². The SMILES string of the molecule is CC(N)=NC1CC2CCC1N(C)C2. The third-order valence-electron chi connectivity index (χ3n) is 3.37. The van der Waals surface area contributed by atoms with E-state index in [0.717, 1.165) is 11.8 Å². The lowest BCUT2D eigenvalue weighted by atomic mass is 9.77. The summed E-state index contributed by atoms with van der Waals surface area (Å²) in [6.45, 7) is 3.16. The molecule has 3 atom stereocenters. The van der Waals surface area contributed by atoms with Crippen molar-refractivity contribution in [3.63, 3.8) is 0 Å². The van der Waals surface area contributed by atoms with Gasteiger partial charge in [0, 0.05) is 12.6 Å². The number of aliphatic imine (C=N–C) groups is 1. The van der Waals surface area contributed by atoms with Crippen molar-refractivity contribution < 1.29 is 0 Å². The van der Waals surface area contributed by atoms with E-state index in [1.165, 1.54) is 25.8 Å². The summed E-state index contributed by atoms with van der Waals surface area (Å²) < 4.78 is 0. The monoisotopic (exact) mass is 181 g/mol. The van der Waals surface area contributed by atoms with Crippen LogP contribution in [0.1, 0.15) is 26.2 Å². The molecule has 1 aliphatic carbocycles. The molecule has 3 nitrogen and oxygen atoms in total. The van der Waals surface area contributed by atoms with Crippen LogP contribution < -0.4 is 5.73 Å².